The molecule has 1 fully saturated rings. The van der Waals surface area contributed by atoms with Gasteiger partial charge < -0.3 is 14.7 Å². The summed E-state index contributed by atoms with van der Waals surface area (Å²) in [5.41, 5.74) is -0.978. The highest BCUT2D eigenvalue weighted by Gasteiger charge is 2.34. The van der Waals surface area contributed by atoms with Crippen molar-refractivity contribution < 1.29 is 32.6 Å². The fourth-order valence-corrected chi connectivity index (χ4v) is 2.05. The molecular weight excluding hydrogens is 291 g/mol. The lowest BCUT2D eigenvalue weighted by Gasteiger charge is -2.33. The number of morpholine rings is 1. The molecule has 2 rings (SSSR count). The molecule has 1 aliphatic heterocycles. The molecule has 1 saturated heterocycles. The summed E-state index contributed by atoms with van der Waals surface area (Å²) in [7, 11) is 0. The molecule has 0 aromatic heterocycles. The Morgan fingerprint density at radius 1 is 1.38 bits per heavy atom. The lowest BCUT2D eigenvalue weighted by Crippen LogP contribution is -2.52. The first kappa shape index (κ1) is 15.3. The van der Waals surface area contributed by atoms with E-state index in [1.54, 1.807) is 0 Å². The molecule has 0 aliphatic carbocycles. The van der Waals surface area contributed by atoms with Crippen molar-refractivity contribution in [3.8, 4) is 0 Å². The van der Waals surface area contributed by atoms with E-state index < -0.39 is 41.3 Å². The Morgan fingerprint density at radius 2 is 2.10 bits per heavy atom. The fraction of sp³-hybridized carbons (Fsp3) is 0.385. The quantitative estimate of drug-likeness (QED) is 0.922. The van der Waals surface area contributed by atoms with Crippen LogP contribution in [0.15, 0.2) is 18.2 Å². The molecule has 1 heterocycles. The minimum atomic E-state index is -2.85. The van der Waals surface area contributed by atoms with E-state index in [-0.39, 0.29) is 19.8 Å². The number of carboxylic acids is 1. The number of halogens is 3. The van der Waals surface area contributed by atoms with Gasteiger partial charge in [0, 0.05) is 12.1 Å². The summed E-state index contributed by atoms with van der Waals surface area (Å²) in [6.07, 6.45) is -2.85. The number of carbonyl (C=O) groups is 2. The van der Waals surface area contributed by atoms with E-state index in [2.05, 4.69) is 0 Å². The first-order valence-corrected chi connectivity index (χ1v) is 6.11. The predicted molar refractivity (Wildman–Crippen MR) is 64.6 cm³/mol. The van der Waals surface area contributed by atoms with Crippen LogP contribution >= 0.6 is 0 Å². The molecule has 0 bridgehead atoms. The number of carbonyl (C=O) groups excluding carboxylic acids is 1. The summed E-state index contributed by atoms with van der Waals surface area (Å²) < 4.78 is 43.6. The van der Waals surface area contributed by atoms with Gasteiger partial charge in [-0.1, -0.05) is 6.07 Å². The molecule has 1 aliphatic rings. The molecule has 1 amide bonds. The minimum absolute atomic E-state index is 0.00810. The van der Waals surface area contributed by atoms with Crippen LogP contribution in [0, 0.1) is 5.82 Å². The number of rotatable bonds is 3. The lowest BCUT2D eigenvalue weighted by atomic mass is 10.1. The maximum Gasteiger partial charge on any atom is 0.328 e. The summed E-state index contributed by atoms with van der Waals surface area (Å²) in [4.78, 5) is 24.2. The van der Waals surface area contributed by atoms with Crippen LogP contribution in [0.2, 0.25) is 0 Å². The first-order valence-electron chi connectivity index (χ1n) is 6.11. The molecule has 0 spiro atoms. The second-order valence-electron chi connectivity index (χ2n) is 4.47. The van der Waals surface area contributed by atoms with Crippen molar-refractivity contribution in [2.75, 3.05) is 19.8 Å². The van der Waals surface area contributed by atoms with Gasteiger partial charge in [0.25, 0.3) is 12.3 Å². The van der Waals surface area contributed by atoms with Gasteiger partial charge >= 0.3 is 5.97 Å². The Balaban J connectivity index is 2.28. The second kappa shape index (κ2) is 6.13. The molecule has 114 valence electrons. The Bertz CT molecular complexity index is 564. The van der Waals surface area contributed by atoms with Crippen molar-refractivity contribution >= 4 is 11.9 Å². The smallest absolute Gasteiger partial charge is 0.328 e. The first-order chi connectivity index (χ1) is 9.91. The van der Waals surface area contributed by atoms with Crippen LogP contribution in [0.1, 0.15) is 22.3 Å². The van der Waals surface area contributed by atoms with Crippen molar-refractivity contribution in [2.45, 2.75) is 12.5 Å². The van der Waals surface area contributed by atoms with Gasteiger partial charge in [0.1, 0.15) is 5.82 Å². The van der Waals surface area contributed by atoms with Crippen molar-refractivity contribution in [2.24, 2.45) is 0 Å². The highest BCUT2D eigenvalue weighted by atomic mass is 19.3. The van der Waals surface area contributed by atoms with E-state index in [4.69, 9.17) is 9.84 Å². The third-order valence-electron chi connectivity index (χ3n) is 3.15. The van der Waals surface area contributed by atoms with Crippen LogP contribution in [0.25, 0.3) is 0 Å². The van der Waals surface area contributed by atoms with E-state index in [1.165, 1.54) is 0 Å². The molecule has 1 unspecified atom stereocenters. The second-order valence-corrected chi connectivity index (χ2v) is 4.47. The predicted octanol–water partition coefficient (Wildman–Crippen LogP) is 1.69. The number of ether oxygens (including phenoxy) is 1. The third-order valence-corrected chi connectivity index (χ3v) is 3.15. The number of alkyl halides is 2. The summed E-state index contributed by atoms with van der Waals surface area (Å²) in [5, 5.41) is 9.02. The SMILES string of the molecule is O=C(O)C1COCCN1C(=O)c1ccc(C(F)F)cc1F. The number of carboxylic acid groups (broad SMARTS) is 1. The van der Waals surface area contributed by atoms with Crippen LogP contribution in [0.3, 0.4) is 0 Å². The van der Waals surface area contributed by atoms with Crippen LogP contribution < -0.4 is 0 Å². The maximum atomic E-state index is 13.8. The van der Waals surface area contributed by atoms with Crippen LogP contribution in [0.5, 0.6) is 0 Å². The Hall–Kier alpha value is -2.09. The Kier molecular flexibility index (Phi) is 4.46. The van der Waals surface area contributed by atoms with Crippen LogP contribution in [-0.4, -0.2) is 47.7 Å². The summed E-state index contributed by atoms with van der Waals surface area (Å²) >= 11 is 0. The average Bonchev–Trinajstić information content (AvgIpc) is 2.46. The average molecular weight is 303 g/mol. The molecule has 0 radical (unpaired) electrons. The zero-order valence-electron chi connectivity index (χ0n) is 10.8. The Labute approximate surface area is 117 Å². The van der Waals surface area contributed by atoms with Gasteiger partial charge in [-0.25, -0.2) is 18.0 Å². The fourth-order valence-electron chi connectivity index (χ4n) is 2.05. The van der Waals surface area contributed by atoms with Gasteiger partial charge in [-0.3, -0.25) is 4.79 Å². The number of benzene rings is 1. The number of hydrogen-bond donors (Lipinski definition) is 1. The standard InChI is InChI=1S/C13H12F3NO4/c14-9-5-7(11(15)16)1-2-8(9)12(18)17-3-4-21-6-10(17)13(19)20/h1-2,5,10-11H,3-4,6H2,(H,19,20). The molecule has 1 aromatic rings. The maximum absolute atomic E-state index is 13.8. The topological polar surface area (TPSA) is 66.8 Å². The largest absolute Gasteiger partial charge is 0.480 e. The van der Waals surface area contributed by atoms with Crippen LogP contribution in [0.4, 0.5) is 13.2 Å². The van der Waals surface area contributed by atoms with E-state index in [0.29, 0.717) is 6.07 Å². The molecule has 5 nitrogen and oxygen atoms in total. The number of nitrogens with zero attached hydrogens (tertiary/aromatic N) is 1. The molecule has 1 atom stereocenters. The van der Waals surface area contributed by atoms with Crippen LogP contribution in [-0.2, 0) is 9.53 Å². The van der Waals surface area contributed by atoms with E-state index in [0.717, 1.165) is 17.0 Å². The van der Waals surface area contributed by atoms with E-state index >= 15 is 0 Å². The highest BCUT2D eigenvalue weighted by Crippen LogP contribution is 2.22. The summed E-state index contributed by atoms with van der Waals surface area (Å²) in [6, 6.07) is 1.24. The lowest BCUT2D eigenvalue weighted by molar-refractivity contribution is -0.147. The third kappa shape index (κ3) is 3.15. The zero-order valence-corrected chi connectivity index (χ0v) is 10.8. The van der Waals surface area contributed by atoms with Gasteiger partial charge in [0.15, 0.2) is 6.04 Å². The van der Waals surface area contributed by atoms with Crippen molar-refractivity contribution in [3.63, 3.8) is 0 Å². The summed E-state index contributed by atoms with van der Waals surface area (Å²) in [6.45, 7) is -0.0735. The van der Waals surface area contributed by atoms with Gasteiger partial charge in [-0.15, -0.1) is 0 Å². The van der Waals surface area contributed by atoms with Gasteiger partial charge in [-0.05, 0) is 12.1 Å². The van der Waals surface area contributed by atoms with Crippen molar-refractivity contribution in [3.05, 3.63) is 35.1 Å². The van der Waals surface area contributed by atoms with E-state index in [1.807, 2.05) is 0 Å². The van der Waals surface area contributed by atoms with Gasteiger partial charge in [0.2, 0.25) is 0 Å². The normalized spacial score (nSPS) is 18.9. The Morgan fingerprint density at radius 3 is 2.67 bits per heavy atom. The van der Waals surface area contributed by atoms with Gasteiger partial charge in [-0.2, -0.15) is 0 Å². The highest BCUT2D eigenvalue weighted by molar-refractivity contribution is 5.97. The minimum Gasteiger partial charge on any atom is -0.480 e. The number of aliphatic carboxylic acids is 1. The zero-order chi connectivity index (χ0) is 15.6. The molecule has 1 aromatic carbocycles. The number of amides is 1. The molecule has 0 saturated carbocycles. The molecular formula is C13H12F3NO4. The molecule has 21 heavy (non-hydrogen) atoms. The summed E-state index contributed by atoms with van der Waals surface area (Å²) in [5.74, 6) is -3.23. The van der Waals surface area contributed by atoms with E-state index in [9.17, 15) is 22.8 Å². The monoisotopic (exact) mass is 303 g/mol. The number of hydrogen-bond acceptors (Lipinski definition) is 3. The van der Waals surface area contributed by atoms with Crippen molar-refractivity contribution in [1.29, 1.82) is 0 Å². The van der Waals surface area contributed by atoms with Gasteiger partial charge in [0.05, 0.1) is 18.8 Å². The molecule has 1 N–H and O–H groups in total. The molecule has 8 heteroatoms. The van der Waals surface area contributed by atoms with Crippen molar-refractivity contribution in [1.82, 2.24) is 4.90 Å².